The maximum absolute atomic E-state index is 6.03. The van der Waals surface area contributed by atoms with Crippen molar-refractivity contribution in [3.63, 3.8) is 0 Å². The average Bonchev–Trinajstić information content (AvgIpc) is 3.24. The summed E-state index contributed by atoms with van der Waals surface area (Å²) in [5, 5.41) is 3.36. The van der Waals surface area contributed by atoms with E-state index < -0.39 is 0 Å². The molecule has 1 aromatic carbocycles. The fourth-order valence-corrected chi connectivity index (χ4v) is 3.64. The van der Waals surface area contributed by atoms with Gasteiger partial charge in [-0.2, -0.15) is 0 Å². The molecular weight excluding hydrogens is 288 g/mol. The second-order valence-electron chi connectivity index (χ2n) is 6.62. The van der Waals surface area contributed by atoms with Gasteiger partial charge in [0.25, 0.3) is 0 Å². The molecule has 1 aliphatic heterocycles. The largest absolute Gasteiger partial charge is 0.495 e. The van der Waals surface area contributed by atoms with Crippen LogP contribution in [0.2, 0.25) is 0 Å². The Bertz CT molecular complexity index is 540. The molecule has 0 radical (unpaired) electrons. The molecule has 1 aromatic rings. The normalized spacial score (nSPS) is 22.6. The number of guanidine groups is 1. The minimum absolute atomic E-state index is 0.535. The van der Waals surface area contributed by atoms with E-state index in [1.54, 1.807) is 7.11 Å². The number of benzene rings is 1. The van der Waals surface area contributed by atoms with Crippen LogP contribution in [0.15, 0.2) is 29.3 Å². The van der Waals surface area contributed by atoms with Crippen molar-refractivity contribution in [2.75, 3.05) is 31.6 Å². The third kappa shape index (κ3) is 4.09. The molecule has 0 aromatic heterocycles. The Morgan fingerprint density at radius 2 is 2.09 bits per heavy atom. The minimum Gasteiger partial charge on any atom is -0.495 e. The van der Waals surface area contributed by atoms with E-state index in [0.717, 1.165) is 31.8 Å². The van der Waals surface area contributed by atoms with Gasteiger partial charge < -0.3 is 20.7 Å². The number of rotatable bonds is 5. The molecule has 0 amide bonds. The van der Waals surface area contributed by atoms with Gasteiger partial charge in [-0.15, -0.1) is 0 Å². The standard InChI is InChI=1S/C18H28N4O/c1-23-17-9-5-4-8-16(17)22-11-10-14(13-22)12-20-18(19)21-15-6-2-3-7-15/h4-5,8-9,14-15H,2-3,6-7,10-13H2,1H3,(H3,19,20,21). The highest BCUT2D eigenvalue weighted by molar-refractivity contribution is 5.78. The number of nitrogens with one attached hydrogen (secondary N) is 1. The molecule has 5 heteroatoms. The first-order valence-corrected chi connectivity index (χ1v) is 8.70. The Balaban J connectivity index is 1.51. The van der Waals surface area contributed by atoms with Crippen LogP contribution in [-0.4, -0.2) is 38.7 Å². The van der Waals surface area contributed by atoms with Crippen LogP contribution < -0.4 is 20.7 Å². The first-order chi connectivity index (χ1) is 11.3. The number of methoxy groups -OCH3 is 1. The highest BCUT2D eigenvalue weighted by atomic mass is 16.5. The van der Waals surface area contributed by atoms with Crippen molar-refractivity contribution in [3.05, 3.63) is 24.3 Å². The second-order valence-corrected chi connectivity index (χ2v) is 6.62. The molecule has 1 heterocycles. The summed E-state index contributed by atoms with van der Waals surface area (Å²) in [6.45, 7) is 2.87. The molecule has 23 heavy (non-hydrogen) atoms. The van der Waals surface area contributed by atoms with Gasteiger partial charge in [0.15, 0.2) is 5.96 Å². The topological polar surface area (TPSA) is 62.9 Å². The van der Waals surface area contributed by atoms with E-state index in [2.05, 4.69) is 27.3 Å². The van der Waals surface area contributed by atoms with Crippen molar-refractivity contribution < 1.29 is 4.74 Å². The van der Waals surface area contributed by atoms with Crippen molar-refractivity contribution in [2.24, 2.45) is 16.6 Å². The summed E-state index contributed by atoms with van der Waals surface area (Å²) < 4.78 is 5.47. The van der Waals surface area contributed by atoms with Crippen LogP contribution in [0.4, 0.5) is 5.69 Å². The van der Waals surface area contributed by atoms with Gasteiger partial charge in [-0.3, -0.25) is 4.99 Å². The van der Waals surface area contributed by atoms with E-state index in [-0.39, 0.29) is 0 Å². The molecule has 3 N–H and O–H groups in total. The van der Waals surface area contributed by atoms with Crippen LogP contribution in [0.1, 0.15) is 32.1 Å². The lowest BCUT2D eigenvalue weighted by Gasteiger charge is -2.21. The summed E-state index contributed by atoms with van der Waals surface area (Å²) in [6.07, 6.45) is 6.21. The number of nitrogens with zero attached hydrogens (tertiary/aromatic N) is 2. The lowest BCUT2D eigenvalue weighted by molar-refractivity contribution is 0.414. The summed E-state index contributed by atoms with van der Waals surface area (Å²) in [7, 11) is 1.73. The Hall–Kier alpha value is -1.91. The van der Waals surface area contributed by atoms with E-state index in [4.69, 9.17) is 10.5 Å². The van der Waals surface area contributed by atoms with Crippen LogP contribution in [0, 0.1) is 5.92 Å². The smallest absolute Gasteiger partial charge is 0.188 e. The van der Waals surface area contributed by atoms with Gasteiger partial charge in [0, 0.05) is 25.7 Å². The molecule has 1 saturated carbocycles. The van der Waals surface area contributed by atoms with Crippen molar-refractivity contribution >= 4 is 11.6 Å². The maximum atomic E-state index is 6.03. The summed E-state index contributed by atoms with van der Waals surface area (Å²) >= 11 is 0. The molecule has 2 fully saturated rings. The summed E-state index contributed by atoms with van der Waals surface area (Å²) in [5.74, 6) is 2.12. The minimum atomic E-state index is 0.535. The number of aliphatic imine (C=N–C) groups is 1. The van der Waals surface area contributed by atoms with E-state index in [9.17, 15) is 0 Å². The van der Waals surface area contributed by atoms with Gasteiger partial charge in [-0.25, -0.2) is 0 Å². The molecule has 126 valence electrons. The van der Waals surface area contributed by atoms with E-state index in [1.165, 1.54) is 31.4 Å². The highest BCUT2D eigenvalue weighted by Crippen LogP contribution is 2.31. The predicted molar refractivity (Wildman–Crippen MR) is 95.2 cm³/mol. The van der Waals surface area contributed by atoms with Crippen LogP contribution in [0.3, 0.4) is 0 Å². The fraction of sp³-hybridized carbons (Fsp3) is 0.611. The van der Waals surface area contributed by atoms with E-state index in [1.807, 2.05) is 12.1 Å². The van der Waals surface area contributed by atoms with Crippen molar-refractivity contribution in [1.29, 1.82) is 0 Å². The summed E-state index contributed by atoms with van der Waals surface area (Å²) in [5.41, 5.74) is 7.21. The van der Waals surface area contributed by atoms with Gasteiger partial charge in [0.1, 0.15) is 5.75 Å². The van der Waals surface area contributed by atoms with Gasteiger partial charge in [-0.1, -0.05) is 25.0 Å². The lowest BCUT2D eigenvalue weighted by atomic mass is 10.1. The summed E-state index contributed by atoms with van der Waals surface area (Å²) in [4.78, 5) is 6.95. The number of para-hydroxylation sites is 2. The van der Waals surface area contributed by atoms with E-state index in [0.29, 0.717) is 17.9 Å². The van der Waals surface area contributed by atoms with Crippen LogP contribution in [0.25, 0.3) is 0 Å². The van der Waals surface area contributed by atoms with Crippen molar-refractivity contribution in [3.8, 4) is 5.75 Å². The van der Waals surface area contributed by atoms with Crippen molar-refractivity contribution in [2.45, 2.75) is 38.1 Å². The van der Waals surface area contributed by atoms with E-state index >= 15 is 0 Å². The van der Waals surface area contributed by atoms with Crippen LogP contribution in [-0.2, 0) is 0 Å². The molecule has 2 aliphatic rings. The Morgan fingerprint density at radius 3 is 2.87 bits per heavy atom. The number of anilines is 1. The average molecular weight is 316 g/mol. The van der Waals surface area contributed by atoms with Crippen LogP contribution >= 0.6 is 0 Å². The van der Waals surface area contributed by atoms with Gasteiger partial charge in [-0.05, 0) is 37.3 Å². The fourth-order valence-electron chi connectivity index (χ4n) is 3.64. The van der Waals surface area contributed by atoms with Gasteiger partial charge in [0.05, 0.1) is 12.8 Å². The zero-order chi connectivity index (χ0) is 16.1. The molecule has 1 unspecified atom stereocenters. The van der Waals surface area contributed by atoms with Crippen molar-refractivity contribution in [1.82, 2.24) is 5.32 Å². The quantitative estimate of drug-likeness (QED) is 0.647. The third-order valence-corrected chi connectivity index (χ3v) is 4.94. The van der Waals surface area contributed by atoms with Crippen LogP contribution in [0.5, 0.6) is 5.75 Å². The molecular formula is C18H28N4O. The SMILES string of the molecule is COc1ccccc1N1CCC(CN=C(N)NC2CCCC2)C1. The Morgan fingerprint density at radius 1 is 1.30 bits per heavy atom. The maximum Gasteiger partial charge on any atom is 0.188 e. The molecule has 5 nitrogen and oxygen atoms in total. The zero-order valence-corrected chi connectivity index (χ0v) is 14.0. The molecule has 0 bridgehead atoms. The van der Waals surface area contributed by atoms with Gasteiger partial charge in [0.2, 0.25) is 0 Å². The van der Waals surface area contributed by atoms with Gasteiger partial charge >= 0.3 is 0 Å². The first-order valence-electron chi connectivity index (χ1n) is 8.70. The number of hydrogen-bond acceptors (Lipinski definition) is 3. The predicted octanol–water partition coefficient (Wildman–Crippen LogP) is 2.37. The monoisotopic (exact) mass is 316 g/mol. The number of hydrogen-bond donors (Lipinski definition) is 2. The molecule has 1 atom stereocenters. The Kier molecular flexibility index (Phi) is 5.26. The zero-order valence-electron chi connectivity index (χ0n) is 14.0. The summed E-state index contributed by atoms with van der Waals surface area (Å²) in [6, 6.07) is 8.75. The number of nitrogens with two attached hydrogens (primary N) is 1. The lowest BCUT2D eigenvalue weighted by Crippen LogP contribution is -2.38. The molecule has 3 rings (SSSR count). The Labute approximate surface area is 138 Å². The second kappa shape index (κ2) is 7.57. The molecule has 1 aliphatic carbocycles. The molecule has 0 spiro atoms. The first kappa shape index (κ1) is 16.0. The number of ether oxygens (including phenoxy) is 1. The molecule has 1 saturated heterocycles. The third-order valence-electron chi connectivity index (χ3n) is 4.94. The highest BCUT2D eigenvalue weighted by Gasteiger charge is 2.24.